The molecule has 3 N–H and O–H groups in total. The van der Waals surface area contributed by atoms with Gasteiger partial charge >= 0.3 is 5.69 Å². The van der Waals surface area contributed by atoms with Crippen molar-refractivity contribution in [1.29, 1.82) is 0 Å². The zero-order valence-corrected chi connectivity index (χ0v) is 22.5. The number of nitrogens with one attached hydrogen (secondary N) is 2. The lowest BCUT2D eigenvalue weighted by molar-refractivity contribution is 0.0706. The van der Waals surface area contributed by atoms with Crippen molar-refractivity contribution >= 4 is 17.2 Å². The van der Waals surface area contributed by atoms with E-state index in [1.807, 2.05) is 12.1 Å². The fourth-order valence-electron chi connectivity index (χ4n) is 4.62. The van der Waals surface area contributed by atoms with Crippen molar-refractivity contribution in [3.63, 3.8) is 0 Å². The molecule has 1 fully saturated rings. The summed E-state index contributed by atoms with van der Waals surface area (Å²) >= 11 is 1.62. The van der Waals surface area contributed by atoms with Gasteiger partial charge in [0.15, 0.2) is 0 Å². The summed E-state index contributed by atoms with van der Waals surface area (Å²) in [5.74, 6) is 0.241. The average molecular weight is 511 g/mol. The van der Waals surface area contributed by atoms with E-state index >= 15 is 0 Å². The number of rotatable bonds is 3. The number of hydrogen-bond donors (Lipinski definition) is 3. The van der Waals surface area contributed by atoms with Crippen molar-refractivity contribution < 1.29 is 9.90 Å². The van der Waals surface area contributed by atoms with Crippen LogP contribution in [-0.2, 0) is 10.8 Å². The standard InChI is InChI=1S/C27H34N4O4S/c1-26(2,3)17-11-16(12-18(22(17)33)27(4,5)6)20-14-36-23(28-20)15-7-9-31(10-8-15)24(34)19-13-21(32)30-25(35)29-19/h11-15,33H,7-10H2,1-6H3,(H2,29,30,32,35). The predicted molar refractivity (Wildman–Crippen MR) is 142 cm³/mol. The number of carbonyl (C=O) groups excluding carboxylic acids is 1. The first kappa shape index (κ1) is 25.9. The maximum atomic E-state index is 12.8. The zero-order chi connectivity index (χ0) is 26.4. The van der Waals surface area contributed by atoms with Crippen LogP contribution in [0.5, 0.6) is 5.75 Å². The molecule has 8 nitrogen and oxygen atoms in total. The van der Waals surface area contributed by atoms with Gasteiger partial charge in [-0.25, -0.2) is 9.78 Å². The molecule has 2 aromatic heterocycles. The Labute approximate surface area is 214 Å². The molecule has 36 heavy (non-hydrogen) atoms. The number of carbonyl (C=O) groups is 1. The van der Waals surface area contributed by atoms with Crippen molar-refractivity contribution in [1.82, 2.24) is 19.9 Å². The van der Waals surface area contributed by atoms with Crippen LogP contribution in [0.4, 0.5) is 0 Å². The molecule has 0 spiro atoms. The number of likely N-dealkylation sites (tertiary alicyclic amines) is 1. The molecule has 0 aliphatic carbocycles. The average Bonchev–Trinajstić information content (AvgIpc) is 3.27. The van der Waals surface area contributed by atoms with Gasteiger partial charge in [-0.1, -0.05) is 41.5 Å². The number of aromatic nitrogens is 3. The van der Waals surface area contributed by atoms with Crippen molar-refractivity contribution in [2.45, 2.75) is 71.1 Å². The van der Waals surface area contributed by atoms with Crippen LogP contribution in [0, 0.1) is 0 Å². The highest BCUT2D eigenvalue weighted by molar-refractivity contribution is 7.10. The van der Waals surface area contributed by atoms with Gasteiger partial charge in [-0.3, -0.25) is 14.6 Å². The minimum atomic E-state index is -0.686. The highest BCUT2D eigenvalue weighted by Crippen LogP contribution is 2.42. The first-order valence-corrected chi connectivity index (χ1v) is 13.1. The number of thiazole rings is 1. The number of phenolic OH excluding ortho intramolecular Hbond substituents is 1. The van der Waals surface area contributed by atoms with Gasteiger partial charge in [-0.2, -0.15) is 0 Å². The Morgan fingerprint density at radius 2 is 1.58 bits per heavy atom. The van der Waals surface area contributed by atoms with Crippen LogP contribution < -0.4 is 11.2 Å². The maximum Gasteiger partial charge on any atom is 0.326 e. The Hall–Kier alpha value is -3.20. The van der Waals surface area contributed by atoms with E-state index in [0.717, 1.165) is 46.3 Å². The Balaban J connectivity index is 1.54. The first-order chi connectivity index (χ1) is 16.7. The molecule has 0 unspecified atom stereocenters. The number of phenols is 1. The van der Waals surface area contributed by atoms with Gasteiger partial charge in [0.05, 0.1) is 10.7 Å². The van der Waals surface area contributed by atoms with Crippen LogP contribution in [-0.4, -0.2) is 44.0 Å². The third-order valence-electron chi connectivity index (χ3n) is 6.67. The van der Waals surface area contributed by atoms with Gasteiger partial charge < -0.3 is 15.0 Å². The summed E-state index contributed by atoms with van der Waals surface area (Å²) in [6.45, 7) is 13.6. The smallest absolute Gasteiger partial charge is 0.326 e. The molecular weight excluding hydrogens is 476 g/mol. The van der Waals surface area contributed by atoms with Crippen LogP contribution in [0.1, 0.15) is 86.9 Å². The molecule has 3 heterocycles. The largest absolute Gasteiger partial charge is 0.507 e. The van der Waals surface area contributed by atoms with Crippen molar-refractivity contribution in [2.24, 2.45) is 0 Å². The van der Waals surface area contributed by atoms with Gasteiger partial charge in [0.2, 0.25) is 0 Å². The monoisotopic (exact) mass is 510 g/mol. The summed E-state index contributed by atoms with van der Waals surface area (Å²) < 4.78 is 0. The van der Waals surface area contributed by atoms with Crippen LogP contribution in [0.15, 0.2) is 33.2 Å². The zero-order valence-electron chi connectivity index (χ0n) is 21.7. The van der Waals surface area contributed by atoms with E-state index in [9.17, 15) is 19.5 Å². The number of piperidine rings is 1. The van der Waals surface area contributed by atoms with E-state index in [4.69, 9.17) is 4.98 Å². The molecule has 1 amide bonds. The molecule has 0 bridgehead atoms. The topological polar surface area (TPSA) is 119 Å². The van der Waals surface area contributed by atoms with E-state index in [2.05, 4.69) is 56.9 Å². The summed E-state index contributed by atoms with van der Waals surface area (Å²) in [5.41, 5.74) is 2.00. The number of aromatic amines is 2. The lowest BCUT2D eigenvalue weighted by Gasteiger charge is -2.31. The number of aromatic hydroxyl groups is 1. The summed E-state index contributed by atoms with van der Waals surface area (Å²) in [5, 5.41) is 14.1. The molecule has 0 atom stereocenters. The van der Waals surface area contributed by atoms with Crippen LogP contribution in [0.25, 0.3) is 11.3 Å². The molecule has 192 valence electrons. The van der Waals surface area contributed by atoms with E-state index < -0.39 is 11.2 Å². The summed E-state index contributed by atoms with van der Waals surface area (Å²) in [6, 6.07) is 5.22. The number of nitrogens with zero attached hydrogens (tertiary/aromatic N) is 2. The van der Waals surface area contributed by atoms with Crippen molar-refractivity contribution in [3.05, 3.63) is 66.2 Å². The maximum absolute atomic E-state index is 12.8. The second-order valence-corrected chi connectivity index (χ2v) is 12.4. The van der Waals surface area contributed by atoms with Crippen LogP contribution in [0.3, 0.4) is 0 Å². The van der Waals surface area contributed by atoms with Gasteiger partial charge in [-0.05, 0) is 35.8 Å². The quantitative estimate of drug-likeness (QED) is 0.479. The highest BCUT2D eigenvalue weighted by Gasteiger charge is 2.29. The molecule has 1 aliphatic heterocycles. The van der Waals surface area contributed by atoms with E-state index in [1.165, 1.54) is 0 Å². The SMILES string of the molecule is CC(C)(C)c1cc(-c2csc(C3CCN(C(=O)c4cc(=O)[nH]c(=O)[nH]4)CC3)n2)cc(C(C)(C)C)c1O. The lowest BCUT2D eigenvalue weighted by atomic mass is 9.78. The number of H-pyrrole nitrogens is 2. The predicted octanol–water partition coefficient (Wildman–Crippen LogP) is 4.51. The highest BCUT2D eigenvalue weighted by atomic mass is 32.1. The Morgan fingerprint density at radius 1 is 1.00 bits per heavy atom. The van der Waals surface area contributed by atoms with Gasteiger partial charge in [-0.15, -0.1) is 11.3 Å². The molecule has 0 saturated carbocycles. The normalized spacial score (nSPS) is 15.3. The molecule has 3 aromatic rings. The minimum absolute atomic E-state index is 0.00960. The lowest BCUT2D eigenvalue weighted by Crippen LogP contribution is -2.39. The summed E-state index contributed by atoms with van der Waals surface area (Å²) in [4.78, 5) is 47.0. The molecule has 1 aromatic carbocycles. The van der Waals surface area contributed by atoms with Gasteiger partial charge in [0.1, 0.15) is 11.4 Å². The first-order valence-electron chi connectivity index (χ1n) is 12.2. The number of benzene rings is 1. The Morgan fingerprint density at radius 3 is 2.11 bits per heavy atom. The summed E-state index contributed by atoms with van der Waals surface area (Å²) in [7, 11) is 0. The third kappa shape index (κ3) is 5.31. The van der Waals surface area contributed by atoms with Crippen LogP contribution >= 0.6 is 11.3 Å². The fraction of sp³-hybridized carbons (Fsp3) is 0.481. The fourth-order valence-corrected chi connectivity index (χ4v) is 5.62. The number of hydrogen-bond acceptors (Lipinski definition) is 6. The summed E-state index contributed by atoms with van der Waals surface area (Å²) in [6.07, 6.45) is 1.50. The molecule has 4 rings (SSSR count). The second-order valence-electron chi connectivity index (χ2n) is 11.6. The Bertz CT molecular complexity index is 1330. The third-order valence-corrected chi connectivity index (χ3v) is 7.67. The minimum Gasteiger partial charge on any atom is -0.507 e. The molecular formula is C27H34N4O4S. The molecule has 1 saturated heterocycles. The van der Waals surface area contributed by atoms with E-state index in [0.29, 0.717) is 18.8 Å². The molecule has 0 radical (unpaired) electrons. The Kier molecular flexibility index (Phi) is 6.72. The van der Waals surface area contributed by atoms with Crippen molar-refractivity contribution in [2.75, 3.05) is 13.1 Å². The second kappa shape index (κ2) is 9.35. The van der Waals surface area contributed by atoms with Crippen LogP contribution in [0.2, 0.25) is 0 Å². The van der Waals surface area contributed by atoms with E-state index in [-0.39, 0.29) is 28.3 Å². The van der Waals surface area contributed by atoms with Crippen molar-refractivity contribution in [3.8, 4) is 17.0 Å². The van der Waals surface area contributed by atoms with Gasteiger partial charge in [0, 0.05) is 47.1 Å². The van der Waals surface area contributed by atoms with E-state index in [1.54, 1.807) is 16.2 Å². The van der Waals surface area contributed by atoms with Gasteiger partial charge in [0.25, 0.3) is 11.5 Å². The number of amides is 1. The molecule has 1 aliphatic rings. The molecule has 9 heteroatoms.